The van der Waals surface area contributed by atoms with Gasteiger partial charge in [-0.2, -0.15) is 0 Å². The summed E-state index contributed by atoms with van der Waals surface area (Å²) in [6.07, 6.45) is 2.22. The Kier molecular flexibility index (Phi) is 7.75. The second-order valence-electron chi connectivity index (χ2n) is 8.31. The van der Waals surface area contributed by atoms with Gasteiger partial charge in [-0.25, -0.2) is 4.99 Å². The van der Waals surface area contributed by atoms with Gasteiger partial charge in [-0.3, -0.25) is 4.90 Å². The summed E-state index contributed by atoms with van der Waals surface area (Å²) in [4.78, 5) is 7.36. The lowest BCUT2D eigenvalue weighted by Gasteiger charge is -2.37. The SMILES string of the molecule is CCNC(=NCc1cc(C)c(O)c(C)c1)NC1CCN(C(C)c2ccccc2)CC1. The van der Waals surface area contributed by atoms with Crippen LogP contribution < -0.4 is 10.6 Å². The molecule has 3 rings (SSSR count). The molecule has 0 aliphatic carbocycles. The molecular weight excluding hydrogens is 372 g/mol. The number of hydrogen-bond acceptors (Lipinski definition) is 3. The summed E-state index contributed by atoms with van der Waals surface area (Å²) in [7, 11) is 0. The van der Waals surface area contributed by atoms with Crippen molar-refractivity contribution >= 4 is 5.96 Å². The molecule has 2 aromatic carbocycles. The van der Waals surface area contributed by atoms with Crippen LogP contribution in [-0.4, -0.2) is 41.6 Å². The molecule has 1 atom stereocenters. The Balaban J connectivity index is 1.56. The molecule has 0 bridgehead atoms. The third kappa shape index (κ3) is 5.76. The first-order chi connectivity index (χ1) is 14.5. The summed E-state index contributed by atoms with van der Waals surface area (Å²) in [5, 5.41) is 17.0. The number of guanidine groups is 1. The van der Waals surface area contributed by atoms with Crippen molar-refractivity contribution in [3.05, 3.63) is 64.7 Å². The van der Waals surface area contributed by atoms with Crippen molar-refractivity contribution in [1.82, 2.24) is 15.5 Å². The molecule has 0 spiro atoms. The standard InChI is InChI=1S/C25H36N4O/c1-5-26-25(27-17-21-15-18(2)24(30)19(3)16-21)28-23-11-13-29(14-12-23)20(4)22-9-7-6-8-10-22/h6-10,15-16,20,23,30H,5,11-14,17H2,1-4H3,(H2,26,27,28). The van der Waals surface area contributed by atoms with Crippen molar-refractivity contribution in [3.8, 4) is 5.75 Å². The van der Waals surface area contributed by atoms with Crippen molar-refractivity contribution < 1.29 is 5.11 Å². The van der Waals surface area contributed by atoms with Gasteiger partial charge in [0.15, 0.2) is 5.96 Å². The van der Waals surface area contributed by atoms with E-state index in [-0.39, 0.29) is 0 Å². The fourth-order valence-electron chi connectivity index (χ4n) is 4.19. The zero-order chi connectivity index (χ0) is 21.5. The summed E-state index contributed by atoms with van der Waals surface area (Å²) in [5.41, 5.74) is 4.31. The Bertz CT molecular complexity index is 818. The van der Waals surface area contributed by atoms with Crippen LogP contribution in [0.3, 0.4) is 0 Å². The Morgan fingerprint density at radius 2 is 1.77 bits per heavy atom. The molecule has 1 saturated heterocycles. The molecule has 0 saturated carbocycles. The van der Waals surface area contributed by atoms with Gasteiger partial charge in [-0.1, -0.05) is 42.5 Å². The third-order valence-electron chi connectivity index (χ3n) is 6.01. The monoisotopic (exact) mass is 408 g/mol. The van der Waals surface area contributed by atoms with Crippen LogP contribution in [0.25, 0.3) is 0 Å². The van der Waals surface area contributed by atoms with Crippen LogP contribution in [0.1, 0.15) is 55.0 Å². The zero-order valence-corrected chi connectivity index (χ0v) is 18.8. The van der Waals surface area contributed by atoms with E-state index in [1.807, 2.05) is 26.0 Å². The molecule has 0 amide bonds. The maximum Gasteiger partial charge on any atom is 0.191 e. The summed E-state index contributed by atoms with van der Waals surface area (Å²) in [5.74, 6) is 1.25. The van der Waals surface area contributed by atoms with Gasteiger partial charge in [-0.05, 0) is 62.8 Å². The Morgan fingerprint density at radius 3 is 2.37 bits per heavy atom. The minimum absolute atomic E-state index is 0.379. The molecule has 2 aromatic rings. The highest BCUT2D eigenvalue weighted by Gasteiger charge is 2.24. The van der Waals surface area contributed by atoms with Crippen molar-refractivity contribution in [1.29, 1.82) is 0 Å². The highest BCUT2D eigenvalue weighted by Crippen LogP contribution is 2.25. The van der Waals surface area contributed by atoms with Crippen molar-refractivity contribution in [3.63, 3.8) is 0 Å². The number of nitrogens with one attached hydrogen (secondary N) is 2. The summed E-state index contributed by atoms with van der Waals surface area (Å²) in [6, 6.07) is 15.7. The number of phenolic OH excluding ortho intramolecular Hbond substituents is 1. The van der Waals surface area contributed by atoms with Gasteiger partial charge in [0.05, 0.1) is 6.54 Å². The van der Waals surface area contributed by atoms with Gasteiger partial charge in [-0.15, -0.1) is 0 Å². The summed E-state index contributed by atoms with van der Waals surface area (Å²) in [6.45, 7) is 11.9. The highest BCUT2D eigenvalue weighted by atomic mass is 16.3. The maximum atomic E-state index is 9.98. The lowest BCUT2D eigenvalue weighted by molar-refractivity contribution is 0.158. The average Bonchev–Trinajstić information content (AvgIpc) is 2.76. The van der Waals surface area contributed by atoms with Gasteiger partial charge in [0.25, 0.3) is 0 Å². The lowest BCUT2D eigenvalue weighted by atomic mass is 10.0. The van der Waals surface area contributed by atoms with Crippen LogP contribution in [0.4, 0.5) is 0 Å². The average molecular weight is 409 g/mol. The molecule has 162 valence electrons. The molecule has 1 fully saturated rings. The smallest absolute Gasteiger partial charge is 0.191 e. The minimum atomic E-state index is 0.379. The van der Waals surface area contributed by atoms with E-state index in [4.69, 9.17) is 4.99 Å². The first kappa shape index (κ1) is 22.2. The van der Waals surface area contributed by atoms with Gasteiger partial charge >= 0.3 is 0 Å². The molecule has 1 aliphatic rings. The molecule has 5 nitrogen and oxygen atoms in total. The van der Waals surface area contributed by atoms with Gasteiger partial charge in [0, 0.05) is 31.7 Å². The number of aliphatic imine (C=N–C) groups is 1. The predicted molar refractivity (Wildman–Crippen MR) is 125 cm³/mol. The number of aryl methyl sites for hydroxylation is 2. The Labute approximate surface area is 181 Å². The number of aromatic hydroxyl groups is 1. The topological polar surface area (TPSA) is 59.9 Å². The van der Waals surface area contributed by atoms with E-state index in [0.717, 1.165) is 55.1 Å². The third-order valence-corrected chi connectivity index (χ3v) is 6.01. The van der Waals surface area contributed by atoms with Crippen molar-refractivity contribution in [2.24, 2.45) is 4.99 Å². The lowest BCUT2D eigenvalue weighted by Crippen LogP contribution is -2.49. The van der Waals surface area contributed by atoms with Crippen LogP contribution in [-0.2, 0) is 6.54 Å². The van der Waals surface area contributed by atoms with Crippen LogP contribution in [0.2, 0.25) is 0 Å². The molecule has 0 aromatic heterocycles. The number of nitrogens with zero attached hydrogens (tertiary/aromatic N) is 2. The van der Waals surface area contributed by atoms with E-state index < -0.39 is 0 Å². The van der Waals surface area contributed by atoms with Gasteiger partial charge < -0.3 is 15.7 Å². The molecule has 30 heavy (non-hydrogen) atoms. The first-order valence-corrected chi connectivity index (χ1v) is 11.1. The van der Waals surface area contributed by atoms with Crippen LogP contribution >= 0.6 is 0 Å². The summed E-state index contributed by atoms with van der Waals surface area (Å²) >= 11 is 0. The Morgan fingerprint density at radius 1 is 1.13 bits per heavy atom. The molecule has 0 radical (unpaired) electrons. The predicted octanol–water partition coefficient (Wildman–Crippen LogP) is 4.29. The molecule has 3 N–H and O–H groups in total. The largest absolute Gasteiger partial charge is 0.507 e. The van der Waals surface area contributed by atoms with Crippen LogP contribution in [0, 0.1) is 13.8 Å². The first-order valence-electron chi connectivity index (χ1n) is 11.1. The number of piperidine rings is 1. The van der Waals surface area contributed by atoms with Gasteiger partial charge in [0.1, 0.15) is 5.75 Å². The number of phenols is 1. The zero-order valence-electron chi connectivity index (χ0n) is 18.8. The molecule has 1 heterocycles. The fourth-order valence-corrected chi connectivity index (χ4v) is 4.19. The van der Waals surface area contributed by atoms with E-state index in [2.05, 4.69) is 59.7 Å². The quantitative estimate of drug-likeness (QED) is 0.493. The Hall–Kier alpha value is -2.53. The van der Waals surface area contributed by atoms with Crippen LogP contribution in [0.15, 0.2) is 47.5 Å². The number of rotatable bonds is 6. The number of hydrogen-bond donors (Lipinski definition) is 3. The van der Waals surface area contributed by atoms with Crippen LogP contribution in [0.5, 0.6) is 5.75 Å². The fraction of sp³-hybridized carbons (Fsp3) is 0.480. The highest BCUT2D eigenvalue weighted by molar-refractivity contribution is 5.80. The van der Waals surface area contributed by atoms with Crippen molar-refractivity contribution in [2.75, 3.05) is 19.6 Å². The van der Waals surface area contributed by atoms with Crippen molar-refractivity contribution in [2.45, 2.75) is 59.2 Å². The second-order valence-corrected chi connectivity index (χ2v) is 8.31. The van der Waals surface area contributed by atoms with E-state index in [9.17, 15) is 5.11 Å². The molecule has 1 unspecified atom stereocenters. The normalized spacial score (nSPS) is 17.0. The minimum Gasteiger partial charge on any atom is -0.507 e. The van der Waals surface area contributed by atoms with Gasteiger partial charge in [0.2, 0.25) is 0 Å². The molecular formula is C25H36N4O. The number of likely N-dealkylation sites (tertiary alicyclic amines) is 1. The van der Waals surface area contributed by atoms with E-state index in [0.29, 0.717) is 24.4 Å². The summed E-state index contributed by atoms with van der Waals surface area (Å²) < 4.78 is 0. The second kappa shape index (κ2) is 10.5. The van der Waals surface area contributed by atoms with E-state index in [1.54, 1.807) is 0 Å². The number of benzene rings is 2. The molecule has 1 aliphatic heterocycles. The maximum absolute atomic E-state index is 9.98. The molecule has 5 heteroatoms. The van der Waals surface area contributed by atoms with E-state index in [1.165, 1.54) is 5.56 Å². The van der Waals surface area contributed by atoms with E-state index >= 15 is 0 Å².